The number of halogens is 2. The average molecular weight is 324 g/mol. The predicted octanol–water partition coefficient (Wildman–Crippen LogP) is 4.91. The van der Waals surface area contributed by atoms with Crippen LogP contribution in [0.2, 0.25) is 5.02 Å². The van der Waals surface area contributed by atoms with Crippen LogP contribution in [0.4, 0.5) is 10.1 Å². The van der Waals surface area contributed by atoms with Gasteiger partial charge in [0.25, 0.3) is 0 Å². The molecule has 0 aliphatic heterocycles. The Balaban J connectivity index is 2.02. The van der Waals surface area contributed by atoms with Crippen molar-refractivity contribution in [2.24, 2.45) is 0 Å². The first kappa shape index (κ1) is 15.9. The molecular weight excluding hydrogens is 309 g/mol. The lowest BCUT2D eigenvalue weighted by Crippen LogP contribution is -2.22. The summed E-state index contributed by atoms with van der Waals surface area (Å²) in [6.07, 6.45) is 0. The SMILES string of the molecule is Cc1ccc(F)cc1NC(=O)C(C)Sc1ccc(Cl)cc1. The second-order valence-corrected chi connectivity index (χ2v) is 6.51. The van der Waals surface area contributed by atoms with Gasteiger partial charge in [0.2, 0.25) is 5.91 Å². The van der Waals surface area contributed by atoms with Gasteiger partial charge in [0.05, 0.1) is 5.25 Å². The van der Waals surface area contributed by atoms with E-state index >= 15 is 0 Å². The average Bonchev–Trinajstić information content (AvgIpc) is 2.45. The molecule has 1 unspecified atom stereocenters. The second-order valence-electron chi connectivity index (χ2n) is 4.66. The number of anilines is 1. The summed E-state index contributed by atoms with van der Waals surface area (Å²) >= 11 is 7.25. The summed E-state index contributed by atoms with van der Waals surface area (Å²) < 4.78 is 13.2. The number of carbonyl (C=O) groups excluding carboxylic acids is 1. The van der Waals surface area contributed by atoms with Crippen molar-refractivity contribution in [3.05, 3.63) is 58.9 Å². The van der Waals surface area contributed by atoms with Gasteiger partial charge in [-0.25, -0.2) is 4.39 Å². The molecule has 1 atom stereocenters. The summed E-state index contributed by atoms with van der Waals surface area (Å²) in [5.41, 5.74) is 1.33. The maximum atomic E-state index is 13.2. The van der Waals surface area contributed by atoms with Gasteiger partial charge in [0.15, 0.2) is 0 Å². The van der Waals surface area contributed by atoms with Gasteiger partial charge in [0, 0.05) is 15.6 Å². The van der Waals surface area contributed by atoms with Crippen LogP contribution in [0.5, 0.6) is 0 Å². The number of aryl methyl sites for hydroxylation is 1. The standard InChI is InChI=1S/C16H15ClFNOS/c1-10-3-6-13(18)9-15(10)19-16(20)11(2)21-14-7-4-12(17)5-8-14/h3-9,11H,1-2H3,(H,19,20). The maximum absolute atomic E-state index is 13.2. The Bertz CT molecular complexity index is 645. The molecule has 21 heavy (non-hydrogen) atoms. The number of carbonyl (C=O) groups is 1. The van der Waals surface area contributed by atoms with Crippen molar-refractivity contribution in [2.75, 3.05) is 5.32 Å². The molecule has 0 spiro atoms. The van der Waals surface area contributed by atoms with Gasteiger partial charge >= 0.3 is 0 Å². The van der Waals surface area contributed by atoms with Crippen molar-refractivity contribution in [1.82, 2.24) is 0 Å². The summed E-state index contributed by atoms with van der Waals surface area (Å²) in [6, 6.07) is 11.6. The Morgan fingerprint density at radius 2 is 1.90 bits per heavy atom. The van der Waals surface area contributed by atoms with E-state index in [0.29, 0.717) is 10.7 Å². The third-order valence-corrected chi connectivity index (χ3v) is 4.32. The Hall–Kier alpha value is -1.52. The van der Waals surface area contributed by atoms with Crippen LogP contribution in [0, 0.1) is 12.7 Å². The molecule has 110 valence electrons. The first-order chi connectivity index (χ1) is 9.95. The second kappa shape index (κ2) is 6.96. The van der Waals surface area contributed by atoms with Gasteiger partial charge in [-0.1, -0.05) is 17.7 Å². The molecule has 1 amide bonds. The van der Waals surface area contributed by atoms with Gasteiger partial charge < -0.3 is 5.32 Å². The quantitative estimate of drug-likeness (QED) is 0.810. The van der Waals surface area contributed by atoms with Crippen LogP contribution in [0.25, 0.3) is 0 Å². The van der Waals surface area contributed by atoms with Crippen LogP contribution in [-0.2, 0) is 4.79 Å². The van der Waals surface area contributed by atoms with Crippen molar-refractivity contribution >= 4 is 35.0 Å². The summed E-state index contributed by atoms with van der Waals surface area (Å²) in [7, 11) is 0. The molecule has 0 aromatic heterocycles. The molecule has 2 aromatic carbocycles. The first-order valence-corrected chi connectivity index (χ1v) is 7.70. The highest BCUT2D eigenvalue weighted by atomic mass is 35.5. The van der Waals surface area contributed by atoms with Crippen LogP contribution in [0.15, 0.2) is 47.4 Å². The van der Waals surface area contributed by atoms with Crippen LogP contribution in [0.1, 0.15) is 12.5 Å². The van der Waals surface area contributed by atoms with E-state index < -0.39 is 0 Å². The lowest BCUT2D eigenvalue weighted by atomic mass is 10.2. The lowest BCUT2D eigenvalue weighted by molar-refractivity contribution is -0.115. The van der Waals surface area contributed by atoms with E-state index in [1.165, 1.54) is 23.9 Å². The van der Waals surface area contributed by atoms with E-state index in [2.05, 4.69) is 5.32 Å². The lowest BCUT2D eigenvalue weighted by Gasteiger charge is -2.13. The van der Waals surface area contributed by atoms with Gasteiger partial charge in [0.1, 0.15) is 5.82 Å². The van der Waals surface area contributed by atoms with Crippen molar-refractivity contribution in [3.63, 3.8) is 0 Å². The number of hydrogen-bond donors (Lipinski definition) is 1. The van der Waals surface area contributed by atoms with E-state index in [0.717, 1.165) is 10.5 Å². The largest absolute Gasteiger partial charge is 0.325 e. The van der Waals surface area contributed by atoms with E-state index in [9.17, 15) is 9.18 Å². The highest BCUT2D eigenvalue weighted by molar-refractivity contribution is 8.00. The van der Waals surface area contributed by atoms with Gasteiger partial charge in [-0.15, -0.1) is 11.8 Å². The highest BCUT2D eigenvalue weighted by Crippen LogP contribution is 2.26. The van der Waals surface area contributed by atoms with E-state index in [1.807, 2.05) is 26.0 Å². The molecule has 5 heteroatoms. The Morgan fingerprint density at radius 1 is 1.24 bits per heavy atom. The zero-order chi connectivity index (χ0) is 15.4. The number of amides is 1. The molecule has 0 radical (unpaired) electrons. The molecule has 0 aliphatic rings. The Labute approximate surface area is 132 Å². The molecule has 1 N–H and O–H groups in total. The first-order valence-electron chi connectivity index (χ1n) is 6.45. The van der Waals surface area contributed by atoms with Crippen LogP contribution < -0.4 is 5.32 Å². The third kappa shape index (κ3) is 4.48. The van der Waals surface area contributed by atoms with Crippen LogP contribution >= 0.6 is 23.4 Å². The summed E-state index contributed by atoms with van der Waals surface area (Å²) in [5.74, 6) is -0.530. The summed E-state index contributed by atoms with van der Waals surface area (Å²) in [6.45, 7) is 3.63. The smallest absolute Gasteiger partial charge is 0.237 e. The van der Waals surface area contributed by atoms with Gasteiger partial charge in [-0.2, -0.15) is 0 Å². The van der Waals surface area contributed by atoms with Crippen molar-refractivity contribution in [2.45, 2.75) is 24.0 Å². The molecule has 2 rings (SSSR count). The number of rotatable bonds is 4. The van der Waals surface area contributed by atoms with Crippen molar-refractivity contribution < 1.29 is 9.18 Å². The highest BCUT2D eigenvalue weighted by Gasteiger charge is 2.15. The van der Waals surface area contributed by atoms with E-state index in [-0.39, 0.29) is 17.0 Å². The van der Waals surface area contributed by atoms with E-state index in [4.69, 9.17) is 11.6 Å². The number of hydrogen-bond acceptors (Lipinski definition) is 2. The van der Waals surface area contributed by atoms with Crippen LogP contribution in [0.3, 0.4) is 0 Å². The monoisotopic (exact) mass is 323 g/mol. The Morgan fingerprint density at radius 3 is 2.57 bits per heavy atom. The van der Waals surface area contributed by atoms with Gasteiger partial charge in [-0.05, 0) is 55.8 Å². The number of thioether (sulfide) groups is 1. The summed E-state index contributed by atoms with van der Waals surface area (Å²) in [5, 5.41) is 3.12. The van der Waals surface area contributed by atoms with Crippen molar-refractivity contribution in [3.8, 4) is 0 Å². The molecule has 0 aliphatic carbocycles. The zero-order valence-corrected chi connectivity index (χ0v) is 13.3. The normalized spacial score (nSPS) is 12.0. The Kier molecular flexibility index (Phi) is 5.26. The molecule has 0 saturated carbocycles. The minimum Gasteiger partial charge on any atom is -0.325 e. The third-order valence-electron chi connectivity index (χ3n) is 2.95. The molecule has 0 saturated heterocycles. The minimum atomic E-state index is -0.367. The molecule has 0 bridgehead atoms. The van der Waals surface area contributed by atoms with E-state index in [1.54, 1.807) is 18.2 Å². The molecule has 2 nitrogen and oxygen atoms in total. The molecule has 2 aromatic rings. The fourth-order valence-corrected chi connectivity index (χ4v) is 2.73. The van der Waals surface area contributed by atoms with Crippen LogP contribution in [-0.4, -0.2) is 11.2 Å². The molecule has 0 heterocycles. The maximum Gasteiger partial charge on any atom is 0.237 e. The predicted molar refractivity (Wildman–Crippen MR) is 86.5 cm³/mol. The minimum absolute atomic E-state index is 0.163. The fourth-order valence-electron chi connectivity index (χ4n) is 1.73. The molecular formula is C16H15ClFNOS. The zero-order valence-electron chi connectivity index (χ0n) is 11.7. The summed E-state index contributed by atoms with van der Waals surface area (Å²) in [4.78, 5) is 13.1. The topological polar surface area (TPSA) is 29.1 Å². The number of nitrogens with one attached hydrogen (secondary N) is 1. The van der Waals surface area contributed by atoms with Crippen molar-refractivity contribution in [1.29, 1.82) is 0 Å². The number of benzene rings is 2. The molecule has 0 fully saturated rings. The fraction of sp³-hybridized carbons (Fsp3) is 0.188. The van der Waals surface area contributed by atoms with Gasteiger partial charge in [-0.3, -0.25) is 4.79 Å².